The molecule has 0 aromatic carbocycles. The minimum atomic E-state index is -1.24. The van der Waals surface area contributed by atoms with E-state index in [9.17, 15) is 19.2 Å². The van der Waals surface area contributed by atoms with Gasteiger partial charge in [-0.05, 0) is 34.6 Å². The first-order valence-electron chi connectivity index (χ1n) is 8.89. The van der Waals surface area contributed by atoms with Crippen LogP contribution in [0.4, 0.5) is 4.79 Å². The van der Waals surface area contributed by atoms with Gasteiger partial charge in [-0.3, -0.25) is 9.59 Å². The second-order valence-electron chi connectivity index (χ2n) is 7.82. The van der Waals surface area contributed by atoms with E-state index in [1.54, 1.807) is 34.6 Å². The summed E-state index contributed by atoms with van der Waals surface area (Å²) >= 11 is 0. The molecule has 9 nitrogen and oxygen atoms in total. The fourth-order valence-electron chi connectivity index (χ4n) is 2.26. The van der Waals surface area contributed by atoms with Gasteiger partial charge >= 0.3 is 24.0 Å². The lowest BCUT2D eigenvalue weighted by Gasteiger charge is -2.27. The van der Waals surface area contributed by atoms with Crippen molar-refractivity contribution < 1.29 is 38.1 Å². The number of carbonyl (C=O) groups excluding carboxylic acids is 4. The smallest absolute Gasteiger partial charge is 0.408 e. The molecule has 0 aromatic heterocycles. The topological polar surface area (TPSA) is 117 Å². The number of nitrogens with one attached hydrogen (secondary N) is 1. The molecule has 1 fully saturated rings. The van der Waals surface area contributed by atoms with Gasteiger partial charge in [-0.1, -0.05) is 13.8 Å². The fraction of sp³-hybridized carbons (Fsp3) is 0.778. The molecule has 1 aliphatic heterocycles. The first-order chi connectivity index (χ1) is 12.3. The van der Waals surface area contributed by atoms with E-state index in [0.29, 0.717) is 0 Å². The Morgan fingerprint density at radius 3 is 2.26 bits per heavy atom. The number of hydrogen-bond donors (Lipinski definition) is 1. The van der Waals surface area contributed by atoms with E-state index >= 15 is 0 Å². The van der Waals surface area contributed by atoms with Crippen LogP contribution < -0.4 is 5.32 Å². The summed E-state index contributed by atoms with van der Waals surface area (Å²) in [5.74, 6) is -3.27. The third-order valence-electron chi connectivity index (χ3n) is 3.72. The van der Waals surface area contributed by atoms with Gasteiger partial charge < -0.3 is 24.3 Å². The molecule has 1 aliphatic rings. The Bertz CT molecular complexity index is 580. The average Bonchev–Trinajstić information content (AvgIpc) is 2.54. The van der Waals surface area contributed by atoms with Gasteiger partial charge in [0, 0.05) is 0 Å². The largest absolute Gasteiger partial charge is 0.463 e. The molecule has 0 spiro atoms. The fourth-order valence-corrected chi connectivity index (χ4v) is 2.26. The van der Waals surface area contributed by atoms with E-state index in [-0.39, 0.29) is 0 Å². The Labute approximate surface area is 159 Å². The molecule has 1 heterocycles. The Morgan fingerprint density at radius 2 is 1.74 bits per heavy atom. The van der Waals surface area contributed by atoms with E-state index in [4.69, 9.17) is 18.9 Å². The monoisotopic (exact) mass is 387 g/mol. The molecule has 0 bridgehead atoms. The number of esters is 3. The highest BCUT2D eigenvalue weighted by molar-refractivity contribution is 5.83. The average molecular weight is 387 g/mol. The Hall–Kier alpha value is -2.32. The summed E-state index contributed by atoms with van der Waals surface area (Å²) in [5, 5.41) is 2.33. The lowest BCUT2D eigenvalue weighted by atomic mass is 10.00. The van der Waals surface area contributed by atoms with Crippen molar-refractivity contribution in [2.75, 3.05) is 6.61 Å². The van der Waals surface area contributed by atoms with Crippen molar-refractivity contribution in [3.05, 3.63) is 0 Å². The Balaban J connectivity index is 2.93. The van der Waals surface area contributed by atoms with Gasteiger partial charge in [-0.25, -0.2) is 9.59 Å². The molecular formula is C18H29NO8. The third-order valence-corrected chi connectivity index (χ3v) is 3.72. The second kappa shape index (κ2) is 9.05. The summed E-state index contributed by atoms with van der Waals surface area (Å²) < 4.78 is 20.9. The maximum Gasteiger partial charge on any atom is 0.408 e. The normalized spacial score (nSPS) is 26.8. The first kappa shape index (κ1) is 22.7. The van der Waals surface area contributed by atoms with E-state index in [2.05, 4.69) is 5.32 Å². The molecule has 0 saturated carbocycles. The highest BCUT2D eigenvalue weighted by atomic mass is 16.6. The highest BCUT2D eigenvalue weighted by Crippen LogP contribution is 2.20. The van der Waals surface area contributed by atoms with Crippen molar-refractivity contribution in [3.63, 3.8) is 0 Å². The number of cyclic esters (lactones) is 2. The van der Waals surface area contributed by atoms with Crippen LogP contribution in [0.25, 0.3) is 0 Å². The van der Waals surface area contributed by atoms with Gasteiger partial charge in [0.1, 0.15) is 18.3 Å². The summed E-state index contributed by atoms with van der Waals surface area (Å²) in [4.78, 5) is 48.5. The molecule has 4 atom stereocenters. The predicted octanol–water partition coefficient (Wildman–Crippen LogP) is 1.57. The molecule has 1 rings (SSSR count). The summed E-state index contributed by atoms with van der Waals surface area (Å²) in [6.45, 7) is 10.9. The zero-order valence-electron chi connectivity index (χ0n) is 16.9. The van der Waals surface area contributed by atoms with Crippen molar-refractivity contribution in [1.29, 1.82) is 0 Å². The summed E-state index contributed by atoms with van der Waals surface area (Å²) in [6, 6.07) is -1.24. The van der Waals surface area contributed by atoms with E-state index < -0.39 is 66.3 Å². The van der Waals surface area contributed by atoms with Crippen molar-refractivity contribution in [2.24, 2.45) is 11.8 Å². The Kier molecular flexibility index (Phi) is 7.62. The van der Waals surface area contributed by atoms with Crippen LogP contribution >= 0.6 is 0 Å². The van der Waals surface area contributed by atoms with Crippen LogP contribution in [0.5, 0.6) is 0 Å². The minimum Gasteiger partial charge on any atom is -0.463 e. The van der Waals surface area contributed by atoms with Crippen LogP contribution in [-0.2, 0) is 33.3 Å². The predicted molar refractivity (Wildman–Crippen MR) is 93.6 cm³/mol. The van der Waals surface area contributed by atoms with E-state index in [0.717, 1.165) is 0 Å². The molecular weight excluding hydrogens is 358 g/mol. The van der Waals surface area contributed by atoms with Crippen LogP contribution in [0.3, 0.4) is 0 Å². The number of carbonyl (C=O) groups is 4. The Morgan fingerprint density at radius 1 is 1.15 bits per heavy atom. The standard InChI is InChI=1S/C18H29NO8/c1-9(2)14(20)26-13-10(3)15(21)24-8-12(16(22)25-11(13)4)19-17(23)27-18(5,6)7/h9-13H,8H2,1-7H3,(H,19,23). The molecule has 0 aromatic rings. The molecule has 1 saturated heterocycles. The van der Waals surface area contributed by atoms with Crippen molar-refractivity contribution >= 4 is 24.0 Å². The number of alkyl carbamates (subject to hydrolysis) is 1. The molecule has 1 N–H and O–H groups in total. The molecule has 0 radical (unpaired) electrons. The van der Waals surface area contributed by atoms with Gasteiger partial charge in [0.2, 0.25) is 0 Å². The van der Waals surface area contributed by atoms with Crippen LogP contribution in [0.2, 0.25) is 0 Å². The van der Waals surface area contributed by atoms with E-state index in [1.807, 2.05) is 0 Å². The zero-order valence-corrected chi connectivity index (χ0v) is 16.9. The van der Waals surface area contributed by atoms with Gasteiger partial charge in [-0.15, -0.1) is 0 Å². The molecule has 154 valence electrons. The van der Waals surface area contributed by atoms with Crippen LogP contribution in [0, 0.1) is 11.8 Å². The lowest BCUT2D eigenvalue weighted by Crippen LogP contribution is -2.48. The second-order valence-corrected chi connectivity index (χ2v) is 7.82. The number of amides is 1. The number of ether oxygens (including phenoxy) is 4. The van der Waals surface area contributed by atoms with Gasteiger partial charge in [-0.2, -0.15) is 0 Å². The number of hydrogen-bond acceptors (Lipinski definition) is 8. The molecule has 1 amide bonds. The van der Waals surface area contributed by atoms with Gasteiger partial charge in [0.25, 0.3) is 0 Å². The third kappa shape index (κ3) is 7.07. The summed E-state index contributed by atoms with van der Waals surface area (Å²) in [7, 11) is 0. The molecule has 27 heavy (non-hydrogen) atoms. The lowest BCUT2D eigenvalue weighted by molar-refractivity contribution is -0.175. The van der Waals surface area contributed by atoms with Crippen LogP contribution in [0.15, 0.2) is 0 Å². The first-order valence-corrected chi connectivity index (χ1v) is 8.89. The van der Waals surface area contributed by atoms with E-state index in [1.165, 1.54) is 13.8 Å². The maximum atomic E-state index is 12.4. The molecule has 0 aliphatic carbocycles. The summed E-state index contributed by atoms with van der Waals surface area (Å²) in [6.07, 6.45) is -2.76. The van der Waals surface area contributed by atoms with Gasteiger partial charge in [0.05, 0.1) is 11.8 Å². The minimum absolute atomic E-state index is 0.412. The zero-order chi connectivity index (χ0) is 20.9. The quantitative estimate of drug-likeness (QED) is 0.573. The highest BCUT2D eigenvalue weighted by Gasteiger charge is 2.40. The molecule has 9 heteroatoms. The number of rotatable bonds is 3. The van der Waals surface area contributed by atoms with Crippen molar-refractivity contribution in [2.45, 2.75) is 72.3 Å². The molecule has 4 unspecified atom stereocenters. The maximum absolute atomic E-state index is 12.4. The van der Waals surface area contributed by atoms with Crippen molar-refractivity contribution in [1.82, 2.24) is 5.32 Å². The van der Waals surface area contributed by atoms with Gasteiger partial charge in [0.15, 0.2) is 12.1 Å². The van der Waals surface area contributed by atoms with Crippen LogP contribution in [0.1, 0.15) is 48.5 Å². The van der Waals surface area contributed by atoms with Crippen molar-refractivity contribution in [3.8, 4) is 0 Å². The van der Waals surface area contributed by atoms with Crippen LogP contribution in [-0.4, -0.2) is 54.5 Å². The summed E-state index contributed by atoms with van der Waals surface area (Å²) in [5.41, 5.74) is -0.763. The SMILES string of the molecule is CC(C)C(=O)OC1C(C)OC(=O)C(NC(=O)OC(C)(C)C)COC(=O)C1C.